The highest BCUT2D eigenvalue weighted by Gasteiger charge is 2.13. The third-order valence-electron chi connectivity index (χ3n) is 4.15. The first-order valence-electron chi connectivity index (χ1n) is 8.24. The molecule has 0 radical (unpaired) electrons. The van der Waals surface area contributed by atoms with Crippen molar-refractivity contribution in [2.24, 2.45) is 0 Å². The minimum absolute atomic E-state index is 0.118. The summed E-state index contributed by atoms with van der Waals surface area (Å²) in [7, 11) is 0. The Kier molecular flexibility index (Phi) is 4.92. The van der Waals surface area contributed by atoms with E-state index in [4.69, 9.17) is 4.52 Å². The molecule has 1 amide bonds. The van der Waals surface area contributed by atoms with E-state index in [1.807, 2.05) is 26.0 Å². The number of carbonyl (C=O) groups is 1. The molecule has 1 N–H and O–H groups in total. The van der Waals surface area contributed by atoms with Crippen LogP contribution in [0.15, 0.2) is 35.1 Å². The lowest BCUT2D eigenvalue weighted by atomic mass is 10.1. The molecular formula is C18H21N5O2. The Balaban J connectivity index is 1.59. The van der Waals surface area contributed by atoms with Gasteiger partial charge in [0.15, 0.2) is 5.76 Å². The molecule has 0 atom stereocenters. The predicted molar refractivity (Wildman–Crippen MR) is 92.7 cm³/mol. The van der Waals surface area contributed by atoms with Crippen LogP contribution in [-0.4, -0.2) is 25.8 Å². The number of hydrogen-bond donors (Lipinski definition) is 1. The van der Waals surface area contributed by atoms with Crippen LogP contribution in [0.5, 0.6) is 0 Å². The highest BCUT2D eigenvalue weighted by Crippen LogP contribution is 2.17. The van der Waals surface area contributed by atoms with Crippen LogP contribution in [0.3, 0.4) is 0 Å². The van der Waals surface area contributed by atoms with Crippen LogP contribution < -0.4 is 5.32 Å². The van der Waals surface area contributed by atoms with Crippen LogP contribution in [0.1, 0.15) is 29.6 Å². The van der Waals surface area contributed by atoms with Crippen LogP contribution in [0.25, 0.3) is 11.3 Å². The fourth-order valence-corrected chi connectivity index (χ4v) is 2.82. The summed E-state index contributed by atoms with van der Waals surface area (Å²) in [5, 5.41) is 11.3. The van der Waals surface area contributed by atoms with E-state index in [9.17, 15) is 4.79 Å². The molecule has 7 nitrogen and oxygen atoms in total. The molecule has 7 heteroatoms. The third kappa shape index (κ3) is 3.76. The summed E-state index contributed by atoms with van der Waals surface area (Å²) in [6.45, 7) is 6.52. The smallest absolute Gasteiger partial charge is 0.242 e. The van der Waals surface area contributed by atoms with Gasteiger partial charge in [0, 0.05) is 29.7 Å². The molecule has 0 bridgehead atoms. The van der Waals surface area contributed by atoms with Crippen LogP contribution >= 0.6 is 0 Å². The van der Waals surface area contributed by atoms with Crippen LogP contribution in [0.2, 0.25) is 0 Å². The average molecular weight is 339 g/mol. The van der Waals surface area contributed by atoms with Gasteiger partial charge in [-0.15, -0.1) is 0 Å². The highest BCUT2D eigenvalue weighted by atomic mass is 16.5. The Bertz CT molecular complexity index is 867. The molecule has 3 rings (SSSR count). The van der Waals surface area contributed by atoms with Gasteiger partial charge < -0.3 is 9.84 Å². The molecule has 0 saturated carbocycles. The van der Waals surface area contributed by atoms with Crippen molar-refractivity contribution in [1.29, 1.82) is 0 Å². The maximum absolute atomic E-state index is 12.2. The van der Waals surface area contributed by atoms with Crippen LogP contribution in [0.4, 0.5) is 0 Å². The molecule has 0 aliphatic carbocycles. The molecule has 0 aromatic carbocycles. The molecule has 0 aliphatic rings. The van der Waals surface area contributed by atoms with Crippen molar-refractivity contribution < 1.29 is 9.32 Å². The monoisotopic (exact) mass is 339 g/mol. The standard InChI is InChI=1S/C18H21N5O2/c1-4-16-12(2)21-23(13(16)3)11-18(24)20-10-15-8-17(22-25-15)14-6-5-7-19-9-14/h5-9H,4,10-11H2,1-3H3,(H,20,24). The van der Waals surface area contributed by atoms with Crippen LogP contribution in [0, 0.1) is 13.8 Å². The maximum atomic E-state index is 12.2. The summed E-state index contributed by atoms with van der Waals surface area (Å²) in [4.78, 5) is 16.2. The summed E-state index contributed by atoms with van der Waals surface area (Å²) in [5.41, 5.74) is 4.78. The number of aryl methyl sites for hydroxylation is 1. The second kappa shape index (κ2) is 7.29. The Labute approximate surface area is 146 Å². The number of carbonyl (C=O) groups excluding carboxylic acids is 1. The van der Waals surface area contributed by atoms with E-state index < -0.39 is 0 Å². The van der Waals surface area contributed by atoms with Crippen LogP contribution in [-0.2, 0) is 24.3 Å². The summed E-state index contributed by atoms with van der Waals surface area (Å²) in [6.07, 6.45) is 4.33. The summed E-state index contributed by atoms with van der Waals surface area (Å²) in [5.74, 6) is 0.474. The number of hydrogen-bond acceptors (Lipinski definition) is 5. The van der Waals surface area contributed by atoms with E-state index in [0.717, 1.165) is 23.4 Å². The SMILES string of the molecule is CCc1c(C)nn(CC(=O)NCc2cc(-c3cccnc3)no2)c1C. The van der Waals surface area contributed by atoms with Crippen molar-refractivity contribution in [3.63, 3.8) is 0 Å². The quantitative estimate of drug-likeness (QED) is 0.745. The predicted octanol–water partition coefficient (Wildman–Crippen LogP) is 2.43. The molecule has 0 aliphatic heterocycles. The van der Waals surface area contributed by atoms with Gasteiger partial charge in [0.2, 0.25) is 5.91 Å². The highest BCUT2D eigenvalue weighted by molar-refractivity contribution is 5.75. The minimum atomic E-state index is -0.118. The van der Waals surface area contributed by atoms with E-state index in [1.165, 1.54) is 5.56 Å². The first-order valence-corrected chi connectivity index (χ1v) is 8.24. The topological polar surface area (TPSA) is 85.8 Å². The zero-order valence-electron chi connectivity index (χ0n) is 14.6. The fraction of sp³-hybridized carbons (Fsp3) is 0.333. The minimum Gasteiger partial charge on any atom is -0.359 e. The van der Waals surface area contributed by atoms with Gasteiger partial charge >= 0.3 is 0 Å². The van der Waals surface area contributed by atoms with Gasteiger partial charge in [0.05, 0.1) is 12.2 Å². The molecule has 3 aromatic heterocycles. The second-order valence-corrected chi connectivity index (χ2v) is 5.86. The Morgan fingerprint density at radius 3 is 2.88 bits per heavy atom. The van der Waals surface area contributed by atoms with Gasteiger partial charge in [-0.3, -0.25) is 14.5 Å². The molecule has 0 spiro atoms. The lowest BCUT2D eigenvalue weighted by Crippen LogP contribution is -2.27. The van der Waals surface area contributed by atoms with E-state index >= 15 is 0 Å². The molecule has 0 fully saturated rings. The number of nitrogens with zero attached hydrogens (tertiary/aromatic N) is 4. The van der Waals surface area contributed by atoms with Crippen molar-refractivity contribution in [2.45, 2.75) is 40.3 Å². The van der Waals surface area contributed by atoms with E-state index in [1.54, 1.807) is 23.1 Å². The largest absolute Gasteiger partial charge is 0.359 e. The zero-order valence-corrected chi connectivity index (χ0v) is 14.6. The van der Waals surface area contributed by atoms with Crippen molar-refractivity contribution in [3.05, 3.63) is 53.3 Å². The number of aromatic nitrogens is 4. The lowest BCUT2D eigenvalue weighted by molar-refractivity contribution is -0.122. The molecule has 25 heavy (non-hydrogen) atoms. The Morgan fingerprint density at radius 2 is 2.20 bits per heavy atom. The second-order valence-electron chi connectivity index (χ2n) is 5.86. The van der Waals surface area contributed by atoms with Crippen molar-refractivity contribution >= 4 is 5.91 Å². The first-order chi connectivity index (χ1) is 12.1. The lowest BCUT2D eigenvalue weighted by Gasteiger charge is -2.05. The van der Waals surface area contributed by atoms with E-state index in [-0.39, 0.29) is 19.0 Å². The van der Waals surface area contributed by atoms with Gasteiger partial charge in [-0.1, -0.05) is 12.1 Å². The zero-order chi connectivity index (χ0) is 17.8. The molecule has 3 aromatic rings. The van der Waals surface area contributed by atoms with Gasteiger partial charge in [-0.2, -0.15) is 5.10 Å². The maximum Gasteiger partial charge on any atom is 0.242 e. The number of amides is 1. The van der Waals surface area contributed by atoms with Crippen molar-refractivity contribution in [3.8, 4) is 11.3 Å². The fourth-order valence-electron chi connectivity index (χ4n) is 2.82. The number of nitrogens with one attached hydrogen (secondary N) is 1. The Morgan fingerprint density at radius 1 is 1.36 bits per heavy atom. The van der Waals surface area contributed by atoms with E-state index in [2.05, 4.69) is 27.5 Å². The van der Waals surface area contributed by atoms with Gasteiger partial charge in [-0.05, 0) is 38.0 Å². The molecule has 3 heterocycles. The van der Waals surface area contributed by atoms with Gasteiger partial charge in [0.1, 0.15) is 12.2 Å². The number of rotatable bonds is 6. The number of pyridine rings is 1. The van der Waals surface area contributed by atoms with Gasteiger partial charge in [-0.25, -0.2) is 0 Å². The molecule has 130 valence electrons. The third-order valence-corrected chi connectivity index (χ3v) is 4.15. The molecule has 0 saturated heterocycles. The van der Waals surface area contributed by atoms with Gasteiger partial charge in [0.25, 0.3) is 0 Å². The van der Waals surface area contributed by atoms with E-state index in [0.29, 0.717) is 11.5 Å². The average Bonchev–Trinajstić information content (AvgIpc) is 3.19. The molecular weight excluding hydrogens is 318 g/mol. The van der Waals surface area contributed by atoms with Crippen molar-refractivity contribution in [1.82, 2.24) is 25.2 Å². The molecule has 0 unspecified atom stereocenters. The normalized spacial score (nSPS) is 10.8. The Hall–Kier alpha value is -2.96. The first kappa shape index (κ1) is 16.9. The summed E-state index contributed by atoms with van der Waals surface area (Å²) < 4.78 is 7.01. The summed E-state index contributed by atoms with van der Waals surface area (Å²) in [6, 6.07) is 5.54. The van der Waals surface area contributed by atoms with Crippen molar-refractivity contribution in [2.75, 3.05) is 0 Å². The summed E-state index contributed by atoms with van der Waals surface area (Å²) >= 11 is 0.